The van der Waals surface area contributed by atoms with Crippen LogP contribution in [-0.2, 0) is 16.0 Å². The number of nitrogens with zero attached hydrogens (tertiary/aromatic N) is 1. The zero-order valence-electron chi connectivity index (χ0n) is 15.3. The van der Waals surface area contributed by atoms with Gasteiger partial charge >= 0.3 is 0 Å². The number of carbonyl (C=O) groups is 2. The largest absolute Gasteiger partial charge is 0.355 e. The molecule has 25 heavy (non-hydrogen) atoms. The van der Waals surface area contributed by atoms with Crippen LogP contribution in [0.2, 0.25) is 0 Å². The summed E-state index contributed by atoms with van der Waals surface area (Å²) in [6.45, 7) is 3.70. The van der Waals surface area contributed by atoms with Crippen molar-refractivity contribution >= 4 is 11.8 Å². The molecule has 2 fully saturated rings. The average molecular weight is 342 g/mol. The highest BCUT2D eigenvalue weighted by molar-refractivity contribution is 5.78. The molecule has 1 saturated carbocycles. The number of rotatable bonds is 7. The van der Waals surface area contributed by atoms with Crippen LogP contribution in [0, 0.1) is 5.41 Å². The maximum absolute atomic E-state index is 12.3. The fourth-order valence-corrected chi connectivity index (χ4v) is 4.65. The lowest BCUT2D eigenvalue weighted by Gasteiger charge is -2.46. The lowest BCUT2D eigenvalue weighted by atomic mass is 9.74. The molecule has 0 spiro atoms. The van der Waals surface area contributed by atoms with Gasteiger partial charge in [-0.25, -0.2) is 0 Å². The Morgan fingerprint density at radius 2 is 2.08 bits per heavy atom. The van der Waals surface area contributed by atoms with Crippen LogP contribution in [0.4, 0.5) is 0 Å². The molecule has 2 atom stereocenters. The fraction of sp³-hybridized carbons (Fsp3) is 0.619. The third kappa shape index (κ3) is 4.05. The Morgan fingerprint density at radius 3 is 2.84 bits per heavy atom. The van der Waals surface area contributed by atoms with Crippen molar-refractivity contribution in [2.45, 2.75) is 64.3 Å². The number of aryl methyl sites for hydroxylation is 1. The van der Waals surface area contributed by atoms with Gasteiger partial charge in [-0.1, -0.05) is 43.7 Å². The first-order valence-corrected chi connectivity index (χ1v) is 9.75. The third-order valence-electron chi connectivity index (χ3n) is 5.98. The highest BCUT2D eigenvalue weighted by Gasteiger charge is 2.49. The number of carbonyl (C=O) groups excluding carboxylic acids is 2. The molecule has 136 valence electrons. The molecule has 0 bridgehead atoms. The van der Waals surface area contributed by atoms with Gasteiger partial charge in [-0.3, -0.25) is 9.59 Å². The molecule has 0 unspecified atom stereocenters. The Hall–Kier alpha value is -1.84. The summed E-state index contributed by atoms with van der Waals surface area (Å²) in [7, 11) is 0. The normalized spacial score (nSPS) is 25.7. The third-order valence-corrected chi connectivity index (χ3v) is 5.98. The number of hydrogen-bond donors (Lipinski definition) is 1. The molecule has 1 aromatic rings. The average Bonchev–Trinajstić information content (AvgIpc) is 3.06. The zero-order valence-corrected chi connectivity index (χ0v) is 15.3. The van der Waals surface area contributed by atoms with E-state index in [9.17, 15) is 9.59 Å². The summed E-state index contributed by atoms with van der Waals surface area (Å²) in [4.78, 5) is 26.7. The van der Waals surface area contributed by atoms with Crippen molar-refractivity contribution in [1.82, 2.24) is 10.2 Å². The van der Waals surface area contributed by atoms with E-state index in [0.717, 1.165) is 51.6 Å². The highest BCUT2D eigenvalue weighted by Crippen LogP contribution is 2.47. The number of amides is 2. The highest BCUT2D eigenvalue weighted by atomic mass is 16.2. The topological polar surface area (TPSA) is 49.4 Å². The molecular formula is C21H30N2O2. The van der Waals surface area contributed by atoms with Crippen molar-refractivity contribution in [3.8, 4) is 0 Å². The minimum absolute atomic E-state index is 0.103. The number of benzene rings is 1. The summed E-state index contributed by atoms with van der Waals surface area (Å²) in [5, 5.41) is 3.19. The molecule has 4 nitrogen and oxygen atoms in total. The van der Waals surface area contributed by atoms with E-state index in [4.69, 9.17) is 0 Å². The first kappa shape index (κ1) is 18.0. The molecule has 1 aromatic carbocycles. The van der Waals surface area contributed by atoms with Gasteiger partial charge in [-0.2, -0.15) is 0 Å². The summed E-state index contributed by atoms with van der Waals surface area (Å²) in [6, 6.07) is 10.5. The van der Waals surface area contributed by atoms with Gasteiger partial charge in [0.2, 0.25) is 11.8 Å². The van der Waals surface area contributed by atoms with Gasteiger partial charge in [0.1, 0.15) is 0 Å². The first-order valence-electron chi connectivity index (χ1n) is 9.75. The first-order chi connectivity index (χ1) is 12.1. The predicted molar refractivity (Wildman–Crippen MR) is 99.1 cm³/mol. The van der Waals surface area contributed by atoms with Crippen LogP contribution in [-0.4, -0.2) is 35.8 Å². The number of fused-ring (bicyclic) bond motifs is 1. The second-order valence-corrected chi connectivity index (χ2v) is 7.62. The van der Waals surface area contributed by atoms with E-state index in [1.807, 2.05) is 18.2 Å². The smallest absolute Gasteiger partial charge is 0.222 e. The molecule has 4 heteroatoms. The molecule has 1 N–H and O–H groups in total. The monoisotopic (exact) mass is 342 g/mol. The summed E-state index contributed by atoms with van der Waals surface area (Å²) >= 11 is 0. The standard InChI is InChI=1S/C21H30N2O2/c1-2-15-23-18-9-6-13-21(18,14-12-20(23)25)16-22-19(24)11-10-17-7-4-3-5-8-17/h3-5,7-8,18H,2,6,9-16H2,1H3,(H,22,24)/t18-,21+/m1/s1. The van der Waals surface area contributed by atoms with Crippen molar-refractivity contribution in [3.05, 3.63) is 35.9 Å². The Morgan fingerprint density at radius 1 is 1.28 bits per heavy atom. The van der Waals surface area contributed by atoms with Crippen molar-refractivity contribution in [1.29, 1.82) is 0 Å². The van der Waals surface area contributed by atoms with Crippen LogP contribution in [0.5, 0.6) is 0 Å². The van der Waals surface area contributed by atoms with E-state index in [-0.39, 0.29) is 11.3 Å². The van der Waals surface area contributed by atoms with Gasteiger partial charge in [-0.05, 0) is 37.7 Å². The second kappa shape index (κ2) is 8.03. The van der Waals surface area contributed by atoms with Crippen LogP contribution in [0.1, 0.15) is 57.4 Å². The van der Waals surface area contributed by atoms with Crippen LogP contribution < -0.4 is 5.32 Å². The molecule has 1 saturated heterocycles. The molecule has 1 aliphatic carbocycles. The molecule has 0 radical (unpaired) electrons. The predicted octanol–water partition coefficient (Wildman–Crippen LogP) is 3.31. The lowest BCUT2D eigenvalue weighted by Crippen LogP contribution is -2.56. The van der Waals surface area contributed by atoms with E-state index in [0.29, 0.717) is 24.8 Å². The van der Waals surface area contributed by atoms with Crippen molar-refractivity contribution in [2.75, 3.05) is 13.1 Å². The van der Waals surface area contributed by atoms with Gasteiger partial charge < -0.3 is 10.2 Å². The van der Waals surface area contributed by atoms with E-state index < -0.39 is 0 Å². The maximum atomic E-state index is 12.3. The molecule has 0 aromatic heterocycles. The van der Waals surface area contributed by atoms with Crippen LogP contribution in [0.25, 0.3) is 0 Å². The van der Waals surface area contributed by atoms with Crippen molar-refractivity contribution in [3.63, 3.8) is 0 Å². The fourth-order valence-electron chi connectivity index (χ4n) is 4.65. The molecule has 3 rings (SSSR count). The number of nitrogens with one attached hydrogen (secondary N) is 1. The van der Waals surface area contributed by atoms with Gasteiger partial charge in [0.15, 0.2) is 0 Å². The molecule has 1 aliphatic heterocycles. The van der Waals surface area contributed by atoms with E-state index in [1.165, 1.54) is 5.56 Å². The molecular weight excluding hydrogens is 312 g/mol. The zero-order chi connectivity index (χ0) is 17.7. The lowest BCUT2D eigenvalue weighted by molar-refractivity contribution is -0.142. The van der Waals surface area contributed by atoms with Crippen LogP contribution in [0.3, 0.4) is 0 Å². The SMILES string of the molecule is CCCN1C(=O)CC[C@]2(CNC(=O)CCc3ccccc3)CCC[C@@H]12. The summed E-state index contributed by atoms with van der Waals surface area (Å²) in [5.41, 5.74) is 1.30. The minimum Gasteiger partial charge on any atom is -0.355 e. The summed E-state index contributed by atoms with van der Waals surface area (Å²) in [5.74, 6) is 0.433. The number of piperidine rings is 1. The molecule has 2 aliphatic rings. The Labute approximate surface area is 151 Å². The maximum Gasteiger partial charge on any atom is 0.222 e. The Kier molecular flexibility index (Phi) is 5.77. The van der Waals surface area contributed by atoms with Crippen molar-refractivity contribution in [2.24, 2.45) is 5.41 Å². The van der Waals surface area contributed by atoms with Gasteiger partial charge in [0.05, 0.1) is 0 Å². The number of hydrogen-bond acceptors (Lipinski definition) is 2. The van der Waals surface area contributed by atoms with Gasteiger partial charge in [-0.15, -0.1) is 0 Å². The molecule has 1 heterocycles. The van der Waals surface area contributed by atoms with E-state index in [2.05, 4.69) is 29.3 Å². The van der Waals surface area contributed by atoms with Crippen molar-refractivity contribution < 1.29 is 9.59 Å². The van der Waals surface area contributed by atoms with Gasteiger partial charge in [0.25, 0.3) is 0 Å². The van der Waals surface area contributed by atoms with Crippen LogP contribution in [0.15, 0.2) is 30.3 Å². The second-order valence-electron chi connectivity index (χ2n) is 7.62. The van der Waals surface area contributed by atoms with Gasteiger partial charge in [0, 0.05) is 37.4 Å². The Balaban J connectivity index is 1.55. The van der Waals surface area contributed by atoms with E-state index >= 15 is 0 Å². The quantitative estimate of drug-likeness (QED) is 0.826. The minimum atomic E-state index is 0.103. The molecule has 2 amide bonds. The summed E-state index contributed by atoms with van der Waals surface area (Å²) < 4.78 is 0. The van der Waals surface area contributed by atoms with Crippen LogP contribution >= 0.6 is 0 Å². The van der Waals surface area contributed by atoms with E-state index in [1.54, 1.807) is 0 Å². The summed E-state index contributed by atoms with van der Waals surface area (Å²) in [6.07, 6.45) is 7.26. The Bertz CT molecular complexity index is 601. The number of likely N-dealkylation sites (tertiary alicyclic amines) is 1.